The van der Waals surface area contributed by atoms with E-state index < -0.39 is 11.8 Å². The molecule has 0 radical (unpaired) electrons. The van der Waals surface area contributed by atoms with Gasteiger partial charge in [0.25, 0.3) is 0 Å². The number of H-pyrrole nitrogens is 1. The molecule has 0 aliphatic rings. The summed E-state index contributed by atoms with van der Waals surface area (Å²) in [4.78, 5) is 11.0. The lowest BCUT2D eigenvalue weighted by Crippen LogP contribution is -1.99. The minimum Gasteiger partial charge on any atom is -0.497 e. The van der Waals surface area contributed by atoms with Crippen LogP contribution in [0, 0.1) is 12.7 Å². The fourth-order valence-corrected chi connectivity index (χ4v) is 1.76. The van der Waals surface area contributed by atoms with Gasteiger partial charge in [-0.15, -0.1) is 0 Å². The van der Waals surface area contributed by atoms with E-state index in [4.69, 9.17) is 9.84 Å². The molecule has 18 heavy (non-hydrogen) atoms. The number of aromatic nitrogens is 2. The van der Waals surface area contributed by atoms with Crippen LogP contribution in [0.15, 0.2) is 18.2 Å². The van der Waals surface area contributed by atoms with E-state index in [0.29, 0.717) is 22.6 Å². The number of carbonyl (C=O) groups is 1. The number of halogens is 1. The first-order chi connectivity index (χ1) is 8.52. The highest BCUT2D eigenvalue weighted by Gasteiger charge is 2.19. The van der Waals surface area contributed by atoms with Crippen molar-refractivity contribution in [3.8, 4) is 16.9 Å². The second-order valence-corrected chi connectivity index (χ2v) is 3.76. The van der Waals surface area contributed by atoms with Gasteiger partial charge in [0, 0.05) is 17.3 Å². The predicted molar refractivity (Wildman–Crippen MR) is 62.2 cm³/mol. The molecule has 5 nitrogen and oxygen atoms in total. The third kappa shape index (κ3) is 2.04. The van der Waals surface area contributed by atoms with Crippen molar-refractivity contribution in [2.45, 2.75) is 6.92 Å². The summed E-state index contributed by atoms with van der Waals surface area (Å²) in [7, 11) is 1.42. The Bertz CT molecular complexity index is 607. The minimum absolute atomic E-state index is 0.139. The number of aryl methyl sites for hydroxylation is 1. The molecule has 6 heteroatoms. The molecule has 0 saturated heterocycles. The lowest BCUT2D eigenvalue weighted by Gasteiger charge is -2.05. The highest BCUT2D eigenvalue weighted by atomic mass is 19.1. The monoisotopic (exact) mass is 250 g/mol. The Hall–Kier alpha value is -2.37. The summed E-state index contributed by atoms with van der Waals surface area (Å²) >= 11 is 0. The van der Waals surface area contributed by atoms with Crippen LogP contribution in [-0.2, 0) is 0 Å². The summed E-state index contributed by atoms with van der Waals surface area (Å²) in [5.41, 5.74) is 1.19. The highest BCUT2D eigenvalue weighted by molar-refractivity contribution is 5.94. The van der Waals surface area contributed by atoms with Gasteiger partial charge in [-0.2, -0.15) is 5.10 Å². The Kier molecular flexibility index (Phi) is 3.01. The van der Waals surface area contributed by atoms with Gasteiger partial charge in [-0.3, -0.25) is 5.10 Å². The van der Waals surface area contributed by atoms with Crippen molar-refractivity contribution >= 4 is 5.97 Å². The Morgan fingerprint density at radius 2 is 2.17 bits per heavy atom. The average Bonchev–Trinajstić information content (AvgIpc) is 2.70. The van der Waals surface area contributed by atoms with Crippen molar-refractivity contribution in [1.29, 1.82) is 0 Å². The molecule has 94 valence electrons. The van der Waals surface area contributed by atoms with Gasteiger partial charge in [-0.25, -0.2) is 9.18 Å². The van der Waals surface area contributed by atoms with Crippen molar-refractivity contribution in [1.82, 2.24) is 10.2 Å². The molecule has 1 aromatic carbocycles. The average molecular weight is 250 g/mol. The fraction of sp³-hybridized carbons (Fsp3) is 0.167. The van der Waals surface area contributed by atoms with Gasteiger partial charge in [0.2, 0.25) is 0 Å². The number of nitrogens with zero attached hydrogens (tertiary/aromatic N) is 1. The van der Waals surface area contributed by atoms with Crippen LogP contribution in [0.4, 0.5) is 4.39 Å². The first-order valence-electron chi connectivity index (χ1n) is 5.16. The van der Waals surface area contributed by atoms with Crippen LogP contribution in [0.2, 0.25) is 0 Å². The second-order valence-electron chi connectivity index (χ2n) is 3.76. The molecule has 2 rings (SSSR count). The number of methoxy groups -OCH3 is 1. The third-order valence-corrected chi connectivity index (χ3v) is 2.55. The maximum absolute atomic E-state index is 13.4. The summed E-state index contributed by atoms with van der Waals surface area (Å²) in [5, 5.41) is 15.3. The van der Waals surface area contributed by atoms with Crippen LogP contribution >= 0.6 is 0 Å². The van der Waals surface area contributed by atoms with E-state index in [1.165, 1.54) is 19.2 Å². The molecular formula is C12H11FN2O3. The van der Waals surface area contributed by atoms with Crippen molar-refractivity contribution in [3.05, 3.63) is 35.4 Å². The highest BCUT2D eigenvalue weighted by Crippen LogP contribution is 2.29. The Morgan fingerprint density at radius 1 is 1.44 bits per heavy atom. The molecule has 1 aromatic heterocycles. The van der Waals surface area contributed by atoms with Crippen LogP contribution in [-0.4, -0.2) is 28.4 Å². The van der Waals surface area contributed by atoms with Gasteiger partial charge in [0.05, 0.1) is 7.11 Å². The number of nitrogens with one attached hydrogen (secondary N) is 1. The van der Waals surface area contributed by atoms with Crippen LogP contribution in [0.1, 0.15) is 16.2 Å². The molecular weight excluding hydrogens is 239 g/mol. The fourth-order valence-electron chi connectivity index (χ4n) is 1.76. The maximum atomic E-state index is 13.4. The van der Waals surface area contributed by atoms with E-state index in [2.05, 4.69) is 10.2 Å². The molecule has 2 aromatic rings. The maximum Gasteiger partial charge on any atom is 0.357 e. The molecule has 0 saturated carbocycles. The zero-order valence-electron chi connectivity index (χ0n) is 9.82. The van der Waals surface area contributed by atoms with E-state index in [1.807, 2.05) is 0 Å². The zero-order chi connectivity index (χ0) is 13.3. The quantitative estimate of drug-likeness (QED) is 0.875. The Labute approximate surface area is 102 Å². The summed E-state index contributed by atoms with van der Waals surface area (Å²) in [6, 6.07) is 4.03. The van der Waals surface area contributed by atoms with Crippen molar-refractivity contribution in [2.24, 2.45) is 0 Å². The SMILES string of the molecule is COc1cc(F)cc(-c2c(C(=O)O)n[nH]c2C)c1. The van der Waals surface area contributed by atoms with E-state index >= 15 is 0 Å². The van der Waals surface area contributed by atoms with Crippen molar-refractivity contribution < 1.29 is 19.0 Å². The second kappa shape index (κ2) is 4.48. The molecule has 0 atom stereocenters. The van der Waals surface area contributed by atoms with Crippen LogP contribution in [0.3, 0.4) is 0 Å². The largest absolute Gasteiger partial charge is 0.497 e. The van der Waals surface area contributed by atoms with Gasteiger partial charge in [-0.1, -0.05) is 0 Å². The number of hydrogen-bond acceptors (Lipinski definition) is 3. The first-order valence-corrected chi connectivity index (χ1v) is 5.16. The summed E-state index contributed by atoms with van der Waals surface area (Å²) in [5.74, 6) is -1.35. The van der Waals surface area contributed by atoms with Gasteiger partial charge >= 0.3 is 5.97 Å². The predicted octanol–water partition coefficient (Wildman–Crippen LogP) is 2.23. The zero-order valence-corrected chi connectivity index (χ0v) is 9.82. The molecule has 0 spiro atoms. The van der Waals surface area contributed by atoms with Crippen LogP contribution in [0.5, 0.6) is 5.75 Å². The molecule has 0 aliphatic carbocycles. The summed E-state index contributed by atoms with van der Waals surface area (Å²) < 4.78 is 18.4. The standard InChI is InChI=1S/C12H11FN2O3/c1-6-10(11(12(16)17)15-14-6)7-3-8(13)5-9(4-7)18-2/h3-5H,1-2H3,(H,14,15)(H,16,17). The summed E-state index contributed by atoms with van der Waals surface area (Å²) in [6.45, 7) is 1.67. The molecule has 0 amide bonds. The Morgan fingerprint density at radius 3 is 2.78 bits per heavy atom. The first kappa shape index (κ1) is 12.1. The number of carboxylic acids is 1. The molecule has 2 N–H and O–H groups in total. The normalized spacial score (nSPS) is 10.4. The minimum atomic E-state index is -1.17. The molecule has 1 heterocycles. The summed E-state index contributed by atoms with van der Waals surface area (Å²) in [6.07, 6.45) is 0. The molecule has 0 aliphatic heterocycles. The molecule has 0 unspecified atom stereocenters. The number of carboxylic acid groups (broad SMARTS) is 1. The number of hydrogen-bond donors (Lipinski definition) is 2. The molecule has 0 fully saturated rings. The van der Waals surface area contributed by atoms with Gasteiger partial charge in [0.15, 0.2) is 5.69 Å². The number of rotatable bonds is 3. The third-order valence-electron chi connectivity index (χ3n) is 2.55. The van der Waals surface area contributed by atoms with E-state index in [0.717, 1.165) is 0 Å². The van der Waals surface area contributed by atoms with Crippen molar-refractivity contribution in [3.63, 3.8) is 0 Å². The Balaban J connectivity index is 2.64. The number of aromatic carboxylic acids is 1. The lowest BCUT2D eigenvalue weighted by atomic mass is 10.0. The number of aromatic amines is 1. The lowest BCUT2D eigenvalue weighted by molar-refractivity contribution is 0.0691. The van der Waals surface area contributed by atoms with E-state index in [-0.39, 0.29) is 5.69 Å². The van der Waals surface area contributed by atoms with Gasteiger partial charge in [0.1, 0.15) is 11.6 Å². The number of ether oxygens (including phenoxy) is 1. The van der Waals surface area contributed by atoms with Gasteiger partial charge in [-0.05, 0) is 24.6 Å². The van der Waals surface area contributed by atoms with Crippen LogP contribution < -0.4 is 4.74 Å². The van der Waals surface area contributed by atoms with Crippen LogP contribution in [0.25, 0.3) is 11.1 Å². The van der Waals surface area contributed by atoms with E-state index in [9.17, 15) is 9.18 Å². The van der Waals surface area contributed by atoms with Gasteiger partial charge < -0.3 is 9.84 Å². The molecule has 0 bridgehead atoms. The van der Waals surface area contributed by atoms with Crippen molar-refractivity contribution in [2.75, 3.05) is 7.11 Å². The smallest absolute Gasteiger partial charge is 0.357 e. The number of benzene rings is 1. The van der Waals surface area contributed by atoms with E-state index in [1.54, 1.807) is 13.0 Å². The topological polar surface area (TPSA) is 75.2 Å².